The van der Waals surface area contributed by atoms with Crippen molar-refractivity contribution in [3.8, 4) is 11.5 Å². The van der Waals surface area contributed by atoms with Gasteiger partial charge >= 0.3 is 0 Å². The molecule has 0 amide bonds. The van der Waals surface area contributed by atoms with Crippen LogP contribution in [0.1, 0.15) is 51.2 Å². The van der Waals surface area contributed by atoms with Crippen LogP contribution in [-0.4, -0.2) is 13.2 Å². The molecule has 0 radical (unpaired) electrons. The Labute approximate surface area is 139 Å². The lowest BCUT2D eigenvalue weighted by molar-refractivity contribution is 0.302. The molecule has 0 aliphatic heterocycles. The summed E-state index contributed by atoms with van der Waals surface area (Å²) in [5.74, 6) is 2.92. The highest BCUT2D eigenvalue weighted by Crippen LogP contribution is 2.45. The van der Waals surface area contributed by atoms with Gasteiger partial charge < -0.3 is 9.47 Å². The Morgan fingerprint density at radius 1 is 0.913 bits per heavy atom. The van der Waals surface area contributed by atoms with Crippen molar-refractivity contribution in [3.63, 3.8) is 0 Å². The minimum Gasteiger partial charge on any atom is -0.493 e. The van der Waals surface area contributed by atoms with E-state index in [1.54, 1.807) is 0 Å². The predicted octanol–water partition coefficient (Wildman–Crippen LogP) is 5.54. The van der Waals surface area contributed by atoms with Gasteiger partial charge in [0, 0.05) is 21.9 Å². The molecule has 2 heteroatoms. The molecule has 3 rings (SSSR count). The fourth-order valence-electron chi connectivity index (χ4n) is 3.54. The highest BCUT2D eigenvalue weighted by molar-refractivity contribution is 5.96. The van der Waals surface area contributed by atoms with Crippen molar-refractivity contribution in [2.75, 3.05) is 13.2 Å². The quantitative estimate of drug-likeness (QED) is 0.697. The Bertz CT molecular complexity index is 675. The number of rotatable bonds is 6. The monoisotopic (exact) mass is 312 g/mol. The lowest BCUT2D eigenvalue weighted by Gasteiger charge is -2.28. The summed E-state index contributed by atoms with van der Waals surface area (Å²) in [6, 6.07) is 8.56. The van der Waals surface area contributed by atoms with E-state index >= 15 is 0 Å². The van der Waals surface area contributed by atoms with Gasteiger partial charge in [-0.1, -0.05) is 45.0 Å². The van der Waals surface area contributed by atoms with E-state index in [1.165, 1.54) is 28.3 Å². The Morgan fingerprint density at radius 2 is 1.48 bits per heavy atom. The summed E-state index contributed by atoms with van der Waals surface area (Å²) in [7, 11) is 0. The largest absolute Gasteiger partial charge is 0.493 e. The van der Waals surface area contributed by atoms with Gasteiger partial charge in [0.1, 0.15) is 11.5 Å². The molecule has 23 heavy (non-hydrogen) atoms. The first-order valence-electron chi connectivity index (χ1n) is 9.08. The van der Waals surface area contributed by atoms with Gasteiger partial charge in [-0.05, 0) is 38.0 Å². The zero-order valence-corrected chi connectivity index (χ0v) is 14.7. The molecule has 124 valence electrons. The van der Waals surface area contributed by atoms with E-state index < -0.39 is 0 Å². The standard InChI is InChI=1S/C21H28O2/c1-4-12-22-20-16-8-6-7-9-17(16)21(23-13-5-2)19-14-15(3)10-11-18(19)20/h6-9,15H,4-5,10-14H2,1-3H3. The molecule has 0 N–H and O–H groups in total. The van der Waals surface area contributed by atoms with Crippen LogP contribution in [0.2, 0.25) is 0 Å². The van der Waals surface area contributed by atoms with Crippen molar-refractivity contribution >= 4 is 10.8 Å². The summed E-state index contributed by atoms with van der Waals surface area (Å²) in [4.78, 5) is 0. The van der Waals surface area contributed by atoms with E-state index in [0.29, 0.717) is 5.92 Å². The van der Waals surface area contributed by atoms with Crippen LogP contribution in [0.4, 0.5) is 0 Å². The maximum absolute atomic E-state index is 6.22. The van der Waals surface area contributed by atoms with Gasteiger partial charge in [-0.2, -0.15) is 0 Å². The fraction of sp³-hybridized carbons (Fsp3) is 0.524. The molecular weight excluding hydrogens is 284 g/mol. The molecule has 0 fully saturated rings. The summed E-state index contributed by atoms with van der Waals surface area (Å²) in [5, 5.41) is 2.42. The molecule has 2 aromatic rings. The van der Waals surface area contributed by atoms with E-state index in [4.69, 9.17) is 9.47 Å². The molecule has 0 bridgehead atoms. The number of hydrogen-bond donors (Lipinski definition) is 0. The average molecular weight is 312 g/mol. The Morgan fingerprint density at radius 3 is 2.04 bits per heavy atom. The van der Waals surface area contributed by atoms with Crippen molar-refractivity contribution < 1.29 is 9.47 Å². The maximum Gasteiger partial charge on any atom is 0.130 e. The summed E-state index contributed by atoms with van der Waals surface area (Å²) < 4.78 is 12.4. The van der Waals surface area contributed by atoms with Crippen LogP contribution in [0.15, 0.2) is 24.3 Å². The molecule has 1 atom stereocenters. The Hall–Kier alpha value is -1.70. The molecule has 0 aromatic heterocycles. The SMILES string of the molecule is CCCOc1c2c(c(OCCC)c3ccccc13)CC(C)CC2. The van der Waals surface area contributed by atoms with Crippen LogP contribution in [0.5, 0.6) is 11.5 Å². The first-order valence-corrected chi connectivity index (χ1v) is 9.08. The molecule has 2 aromatic carbocycles. The highest BCUT2D eigenvalue weighted by Gasteiger charge is 2.26. The van der Waals surface area contributed by atoms with E-state index in [1.807, 2.05) is 0 Å². The second-order valence-corrected chi connectivity index (χ2v) is 6.71. The van der Waals surface area contributed by atoms with Gasteiger partial charge in [0.05, 0.1) is 13.2 Å². The Kier molecular flexibility index (Phi) is 5.09. The molecule has 0 spiro atoms. The van der Waals surface area contributed by atoms with E-state index in [2.05, 4.69) is 45.0 Å². The molecule has 0 saturated carbocycles. The molecule has 1 aliphatic carbocycles. The van der Waals surface area contributed by atoms with Crippen molar-refractivity contribution in [1.82, 2.24) is 0 Å². The zero-order chi connectivity index (χ0) is 16.2. The summed E-state index contributed by atoms with van der Waals surface area (Å²) in [5.41, 5.74) is 2.78. The molecule has 1 aliphatic rings. The highest BCUT2D eigenvalue weighted by atomic mass is 16.5. The first-order chi connectivity index (χ1) is 11.3. The number of benzene rings is 2. The van der Waals surface area contributed by atoms with Gasteiger partial charge in [0.25, 0.3) is 0 Å². The van der Waals surface area contributed by atoms with E-state index in [-0.39, 0.29) is 0 Å². The van der Waals surface area contributed by atoms with Gasteiger partial charge in [-0.3, -0.25) is 0 Å². The number of hydrogen-bond acceptors (Lipinski definition) is 2. The maximum atomic E-state index is 6.22. The van der Waals surface area contributed by atoms with Gasteiger partial charge in [0.15, 0.2) is 0 Å². The third kappa shape index (κ3) is 3.17. The van der Waals surface area contributed by atoms with Crippen LogP contribution in [0.25, 0.3) is 10.8 Å². The van der Waals surface area contributed by atoms with Crippen LogP contribution in [0.3, 0.4) is 0 Å². The molecule has 2 nitrogen and oxygen atoms in total. The zero-order valence-electron chi connectivity index (χ0n) is 14.7. The minimum absolute atomic E-state index is 0.715. The minimum atomic E-state index is 0.715. The second kappa shape index (κ2) is 7.25. The molecular formula is C21H28O2. The third-order valence-electron chi connectivity index (χ3n) is 4.67. The van der Waals surface area contributed by atoms with Crippen molar-refractivity contribution in [2.24, 2.45) is 5.92 Å². The van der Waals surface area contributed by atoms with Crippen molar-refractivity contribution in [3.05, 3.63) is 35.4 Å². The smallest absolute Gasteiger partial charge is 0.130 e. The average Bonchev–Trinajstić information content (AvgIpc) is 2.58. The fourth-order valence-corrected chi connectivity index (χ4v) is 3.54. The second-order valence-electron chi connectivity index (χ2n) is 6.71. The number of ether oxygens (including phenoxy) is 2. The van der Waals surface area contributed by atoms with E-state index in [0.717, 1.165) is 50.4 Å². The lowest BCUT2D eigenvalue weighted by atomic mass is 9.82. The van der Waals surface area contributed by atoms with Crippen molar-refractivity contribution in [2.45, 2.75) is 52.9 Å². The van der Waals surface area contributed by atoms with Crippen LogP contribution < -0.4 is 9.47 Å². The summed E-state index contributed by atoms with van der Waals surface area (Å²) in [6.45, 7) is 8.22. The van der Waals surface area contributed by atoms with E-state index in [9.17, 15) is 0 Å². The number of fused-ring (bicyclic) bond motifs is 2. The Balaban J connectivity index is 2.21. The molecule has 0 saturated heterocycles. The lowest BCUT2D eigenvalue weighted by Crippen LogP contribution is -2.16. The summed E-state index contributed by atoms with van der Waals surface area (Å²) in [6.07, 6.45) is 5.51. The van der Waals surface area contributed by atoms with Crippen LogP contribution >= 0.6 is 0 Å². The normalized spacial score (nSPS) is 17.1. The summed E-state index contributed by atoms with van der Waals surface area (Å²) >= 11 is 0. The van der Waals surface area contributed by atoms with Gasteiger partial charge in [-0.25, -0.2) is 0 Å². The molecule has 1 unspecified atom stereocenters. The van der Waals surface area contributed by atoms with Crippen LogP contribution in [-0.2, 0) is 12.8 Å². The van der Waals surface area contributed by atoms with Crippen LogP contribution in [0, 0.1) is 5.92 Å². The predicted molar refractivity (Wildman–Crippen MR) is 96.7 cm³/mol. The van der Waals surface area contributed by atoms with Gasteiger partial charge in [0.2, 0.25) is 0 Å². The molecule has 0 heterocycles. The third-order valence-corrected chi connectivity index (χ3v) is 4.67. The topological polar surface area (TPSA) is 18.5 Å². The van der Waals surface area contributed by atoms with Crippen molar-refractivity contribution in [1.29, 1.82) is 0 Å². The van der Waals surface area contributed by atoms with Gasteiger partial charge in [-0.15, -0.1) is 0 Å². The first kappa shape index (κ1) is 16.2.